The Morgan fingerprint density at radius 1 is 0.664 bits per heavy atom. The third kappa shape index (κ3) is 21.2. The first kappa shape index (κ1) is 85.8. The van der Waals surface area contributed by atoms with Gasteiger partial charge in [0.2, 0.25) is 53.2 Å². The SMILES string of the molecule is CC[C@H](C)[C@@H]1NC(=O)[C@H](C)N(C)C(=O)C[C@@H](C(=O)N2CCCCC2)N(C)C(=O)[C@H](C(C)C)N(C)C(=O)C2(CCCC2)NC(=O)[C@@H]2CC(N3CCC(F)(F)CC3)CN2C(=O)[C@H](CCc2ccc(C(F)(F)F)c(C3CC[I-]C3)c2)NC(=O)CN(C)C(=O)[C@H](CC2CCCCC2)N(C)C(=O)CN(C)C(=O)CN(C)C1=O. The van der Waals surface area contributed by atoms with Gasteiger partial charge in [-0.05, 0) is 63.2 Å². The molecule has 1 aromatic carbocycles. The number of hydrogen-bond donors (Lipinski definition) is 3. The van der Waals surface area contributed by atoms with Gasteiger partial charge in [-0.15, -0.1) is 0 Å². The van der Waals surface area contributed by atoms with Crippen LogP contribution in [0.3, 0.4) is 0 Å². The Balaban J connectivity index is 1.20. The number of likely N-dealkylation sites (N-methyl/N-ethyl adjacent to an activating group) is 7. The van der Waals surface area contributed by atoms with E-state index in [1.807, 2.05) is 6.92 Å². The Kier molecular flexibility index (Phi) is 29.9. The summed E-state index contributed by atoms with van der Waals surface area (Å²) in [4.78, 5) is 192. The molecule has 0 bridgehead atoms. The number of likely N-dealkylation sites (tertiary alicyclic amines) is 2. The van der Waals surface area contributed by atoms with Gasteiger partial charge in [0, 0.05) is 88.4 Å². The summed E-state index contributed by atoms with van der Waals surface area (Å²) in [5, 5.41) is 8.68. The number of nitrogens with zero attached hydrogens (tertiary/aromatic N) is 10. The second-order valence-corrected chi connectivity index (χ2v) is 34.8. The van der Waals surface area contributed by atoms with Crippen LogP contribution in [0.15, 0.2) is 18.2 Å². The zero-order valence-corrected chi connectivity index (χ0v) is 66.9. The van der Waals surface area contributed by atoms with Crippen molar-refractivity contribution in [2.45, 2.75) is 241 Å². The zero-order valence-electron chi connectivity index (χ0n) is 64.7. The van der Waals surface area contributed by atoms with Crippen molar-refractivity contribution in [2.75, 3.05) is 111 Å². The molecule has 5 heterocycles. The van der Waals surface area contributed by atoms with Crippen molar-refractivity contribution in [3.63, 3.8) is 0 Å². The summed E-state index contributed by atoms with van der Waals surface area (Å²) >= 11 is -0.313. The maximum absolute atomic E-state index is 15.9. The molecule has 0 aromatic heterocycles. The van der Waals surface area contributed by atoms with Crippen LogP contribution in [0.2, 0.25) is 0 Å². The smallest absolute Gasteiger partial charge is 0.335 e. The number of amides is 12. The van der Waals surface area contributed by atoms with Gasteiger partial charge in [-0.2, -0.15) is 0 Å². The number of hydrogen-bond acceptors (Lipinski definition) is 13. The quantitative estimate of drug-likeness (QED) is 0.163. The fraction of sp³-hybridized carbons (Fsp3) is 0.763. The zero-order chi connectivity index (χ0) is 78.7. The first-order valence-electron chi connectivity index (χ1n) is 38.5. The van der Waals surface area contributed by atoms with E-state index < -0.39 is 193 Å². The number of nitrogens with one attached hydrogen (secondary N) is 3. The van der Waals surface area contributed by atoms with E-state index in [4.69, 9.17) is 0 Å². The summed E-state index contributed by atoms with van der Waals surface area (Å²) in [6, 6.07) is -6.18. The van der Waals surface area contributed by atoms with Crippen molar-refractivity contribution in [1.82, 2.24) is 64.9 Å². The number of alkyl halides is 7. The predicted octanol–water partition coefficient (Wildman–Crippen LogP) is 2.11. The van der Waals surface area contributed by atoms with Crippen LogP contribution in [-0.4, -0.2) is 290 Å². The second kappa shape index (κ2) is 37.3. The molecule has 8 rings (SSSR count). The summed E-state index contributed by atoms with van der Waals surface area (Å²) < 4.78 is 75.5. The summed E-state index contributed by atoms with van der Waals surface area (Å²) in [5.74, 6) is -12.9. The molecule has 1 spiro atoms. The molecule has 107 heavy (non-hydrogen) atoms. The number of fused-ring (bicyclic) bond motifs is 1. The number of carbonyl (C=O) groups excluding carboxylic acids is 12. The van der Waals surface area contributed by atoms with E-state index >= 15 is 24.0 Å². The second-order valence-electron chi connectivity index (χ2n) is 31.8. The van der Waals surface area contributed by atoms with Gasteiger partial charge in [0.05, 0.1) is 19.5 Å². The van der Waals surface area contributed by atoms with E-state index in [1.165, 1.54) is 83.1 Å². The van der Waals surface area contributed by atoms with Crippen molar-refractivity contribution in [2.24, 2.45) is 17.8 Å². The molecule has 600 valence electrons. The number of halogens is 6. The molecule has 1 aromatic rings. The van der Waals surface area contributed by atoms with E-state index in [9.17, 15) is 55.5 Å². The van der Waals surface area contributed by atoms with Gasteiger partial charge in [0.15, 0.2) is 0 Å². The van der Waals surface area contributed by atoms with E-state index in [1.54, 1.807) is 30.6 Å². The van der Waals surface area contributed by atoms with Crippen molar-refractivity contribution >= 4 is 70.9 Å². The summed E-state index contributed by atoms with van der Waals surface area (Å²) in [6.07, 6.45) is 1.91. The fourth-order valence-electron chi connectivity index (χ4n) is 16.6. The molecule has 25 nitrogen and oxygen atoms in total. The summed E-state index contributed by atoms with van der Waals surface area (Å²) in [7, 11) is 9.67. The van der Waals surface area contributed by atoms with Crippen LogP contribution in [0, 0.1) is 17.8 Å². The first-order chi connectivity index (χ1) is 50.4. The monoisotopic (exact) mass is 1620 g/mol. The van der Waals surface area contributed by atoms with E-state index in [2.05, 4.69) is 16.0 Å². The number of carbonyl (C=O) groups is 12. The predicted molar refractivity (Wildman–Crippen MR) is 385 cm³/mol. The third-order valence-corrected chi connectivity index (χ3v) is 26.9. The Hall–Kier alpha value is -6.80. The molecule has 2 aliphatic carbocycles. The van der Waals surface area contributed by atoms with Gasteiger partial charge in [-0.1, -0.05) is 79.1 Å². The molecule has 31 heteroatoms. The molecule has 7 aliphatic rings. The van der Waals surface area contributed by atoms with Gasteiger partial charge in [0.1, 0.15) is 35.7 Å². The van der Waals surface area contributed by atoms with Crippen LogP contribution < -0.4 is 37.2 Å². The number of rotatable bonds is 11. The Bertz CT molecular complexity index is 3370. The van der Waals surface area contributed by atoms with Crippen molar-refractivity contribution in [3.8, 4) is 0 Å². The van der Waals surface area contributed by atoms with Crippen LogP contribution in [-0.2, 0) is 70.1 Å². The van der Waals surface area contributed by atoms with Gasteiger partial charge in [-0.3, -0.25) is 52.8 Å². The minimum absolute atomic E-state index is 0.0140. The molecule has 12 amide bonds. The van der Waals surface area contributed by atoms with Crippen molar-refractivity contribution in [3.05, 3.63) is 34.9 Å². The first-order valence-corrected chi connectivity index (χ1v) is 41.6. The van der Waals surface area contributed by atoms with Crippen molar-refractivity contribution < 1.29 is 101 Å². The molecule has 2 saturated carbocycles. The molecular weight excluding hydrogens is 1510 g/mol. The maximum atomic E-state index is 15.9. The topological polar surface area (TPSA) is 273 Å². The van der Waals surface area contributed by atoms with Crippen LogP contribution in [0.25, 0.3) is 0 Å². The fourth-order valence-corrected chi connectivity index (χ4v) is 19.9. The summed E-state index contributed by atoms with van der Waals surface area (Å²) in [6.45, 7) is 6.90. The van der Waals surface area contributed by atoms with Gasteiger partial charge in [0.25, 0.3) is 5.92 Å². The molecular formula is C76H116F5IN13O12-. The Morgan fingerprint density at radius 2 is 1.29 bits per heavy atom. The van der Waals surface area contributed by atoms with Crippen LogP contribution >= 0.6 is 0 Å². The van der Waals surface area contributed by atoms with Crippen LogP contribution in [0.4, 0.5) is 22.0 Å². The Morgan fingerprint density at radius 3 is 1.90 bits per heavy atom. The van der Waals surface area contributed by atoms with E-state index in [0.29, 0.717) is 61.6 Å². The molecule has 5 saturated heterocycles. The van der Waals surface area contributed by atoms with Crippen LogP contribution in [0.1, 0.15) is 186 Å². The van der Waals surface area contributed by atoms with Gasteiger partial charge < -0.3 is 44.9 Å². The molecule has 7 fully saturated rings. The van der Waals surface area contributed by atoms with E-state index in [0.717, 1.165) is 73.5 Å². The standard InChI is InChI=1S/C76H116F5IN13O12/c1-13-48(4)64-71(105)88(8)45-62(98)86(6)46-63(99)90(10)58(39-50-22-16-14-17-23-50)69(103)87(7)44-60(96)83-56(27-25-51-24-26-55(76(79,80)81)54(38-51)52-28-33-82-42-52)68(102)95-43-53(93-36-31-75(77,78)32-37-93)40-57(95)67(101)85-74(29-18-19-30-74)73(107)92(12)65(47(2)3)72(106)91(11)59(70(104)94-34-20-15-21-35-94)41-61(97)89(9)49(5)66(100)84-64/h24,26,38,47-50,52-53,56-59,64-65H,13-23,25,27-37,39-46H2,1-12H3,(H,83,96)(H,84,100)(H,85,101)/q-1/t48-,49-,52?,53?,56-,57-,58-,59-,64-,65-/m0/s1. The molecule has 3 N–H and O–H groups in total. The normalized spacial score (nSPS) is 28.7. The molecule has 5 aliphatic heterocycles. The number of benzene rings is 1. The van der Waals surface area contributed by atoms with Gasteiger partial charge in [-0.25, -0.2) is 8.78 Å². The Labute approximate surface area is 637 Å². The number of piperidine rings is 2. The molecule has 2 unspecified atom stereocenters. The molecule has 10 atom stereocenters. The third-order valence-electron chi connectivity index (χ3n) is 23.9. The summed E-state index contributed by atoms with van der Waals surface area (Å²) in [5.41, 5.74) is -1.88. The molecule has 0 radical (unpaired) electrons. The van der Waals surface area contributed by atoms with Crippen LogP contribution in [0.5, 0.6) is 0 Å². The van der Waals surface area contributed by atoms with Gasteiger partial charge >= 0.3 is 190 Å². The minimum atomic E-state index is -4.66. The average molecular weight is 1630 g/mol. The average Bonchev–Trinajstić information content (AvgIpc) is 1.73. The minimum Gasteiger partial charge on any atom is -0.335 e. The number of aryl methyl sites for hydroxylation is 1. The van der Waals surface area contributed by atoms with Crippen molar-refractivity contribution in [1.29, 1.82) is 0 Å². The van der Waals surface area contributed by atoms with E-state index in [-0.39, 0.29) is 96.8 Å².